The fourth-order valence-corrected chi connectivity index (χ4v) is 5.30. The van der Waals surface area contributed by atoms with Gasteiger partial charge in [-0.2, -0.15) is 11.3 Å². The highest BCUT2D eigenvalue weighted by molar-refractivity contribution is 14.0. The minimum absolute atomic E-state index is 0. The first-order valence-electron chi connectivity index (χ1n) is 8.93. The normalized spacial score (nSPS) is 18.2. The van der Waals surface area contributed by atoms with Crippen LogP contribution in [-0.2, 0) is 10.0 Å². The summed E-state index contributed by atoms with van der Waals surface area (Å²) >= 11 is 1.71. The number of halogens is 1. The van der Waals surface area contributed by atoms with Crippen LogP contribution in [0.1, 0.15) is 44.6 Å². The third-order valence-electron chi connectivity index (χ3n) is 4.56. The average Bonchev–Trinajstić information content (AvgIpc) is 3.13. The van der Waals surface area contributed by atoms with Gasteiger partial charge < -0.3 is 10.6 Å². The molecule has 1 aliphatic rings. The Labute approximate surface area is 178 Å². The van der Waals surface area contributed by atoms with E-state index in [2.05, 4.69) is 39.4 Å². The van der Waals surface area contributed by atoms with E-state index >= 15 is 0 Å². The first-order valence-corrected chi connectivity index (χ1v) is 11.5. The Balaban J connectivity index is 0.00000338. The van der Waals surface area contributed by atoms with E-state index in [9.17, 15) is 8.42 Å². The number of thiophene rings is 1. The lowest BCUT2D eigenvalue weighted by molar-refractivity contribution is 0.306. The number of hydrogen-bond acceptors (Lipinski definition) is 4. The third kappa shape index (κ3) is 6.97. The van der Waals surface area contributed by atoms with Crippen LogP contribution in [0.3, 0.4) is 0 Å². The molecular weight excluding hydrogens is 483 g/mol. The maximum atomic E-state index is 12.1. The molecule has 1 aromatic heterocycles. The highest BCUT2D eigenvalue weighted by Gasteiger charge is 2.27. The number of rotatable bonds is 7. The quantitative estimate of drug-likeness (QED) is 0.334. The zero-order valence-electron chi connectivity index (χ0n) is 15.8. The molecule has 26 heavy (non-hydrogen) atoms. The molecule has 0 bridgehead atoms. The van der Waals surface area contributed by atoms with E-state index in [1.807, 2.05) is 6.92 Å². The van der Waals surface area contributed by atoms with E-state index in [1.165, 1.54) is 5.56 Å². The third-order valence-corrected chi connectivity index (χ3v) is 7.34. The van der Waals surface area contributed by atoms with Crippen molar-refractivity contribution in [1.82, 2.24) is 14.9 Å². The van der Waals surface area contributed by atoms with Gasteiger partial charge in [0, 0.05) is 32.7 Å². The first-order chi connectivity index (χ1) is 12.0. The van der Waals surface area contributed by atoms with Crippen molar-refractivity contribution in [2.24, 2.45) is 4.99 Å². The number of piperidine rings is 1. The van der Waals surface area contributed by atoms with Crippen LogP contribution in [0.4, 0.5) is 0 Å². The maximum absolute atomic E-state index is 12.1. The second-order valence-corrected chi connectivity index (χ2v) is 9.41. The van der Waals surface area contributed by atoms with Gasteiger partial charge in [-0.3, -0.25) is 4.99 Å². The van der Waals surface area contributed by atoms with E-state index in [0.29, 0.717) is 25.4 Å². The van der Waals surface area contributed by atoms with Crippen molar-refractivity contribution in [3.05, 3.63) is 22.4 Å². The number of aliphatic imine (C=N–C) groups is 1. The van der Waals surface area contributed by atoms with Crippen molar-refractivity contribution in [2.75, 3.05) is 32.4 Å². The van der Waals surface area contributed by atoms with Crippen LogP contribution in [0.5, 0.6) is 0 Å². The van der Waals surface area contributed by atoms with E-state index in [0.717, 1.165) is 25.3 Å². The molecule has 0 amide bonds. The van der Waals surface area contributed by atoms with E-state index in [4.69, 9.17) is 0 Å². The first kappa shape index (κ1) is 23.6. The van der Waals surface area contributed by atoms with Crippen LogP contribution in [0.25, 0.3) is 0 Å². The second-order valence-electron chi connectivity index (χ2n) is 6.54. The number of nitrogens with one attached hydrogen (secondary N) is 2. The zero-order chi connectivity index (χ0) is 18.3. The summed E-state index contributed by atoms with van der Waals surface area (Å²) in [7, 11) is -1.31. The highest BCUT2D eigenvalue weighted by atomic mass is 127. The Hall–Kier alpha value is -0.390. The number of guanidine groups is 1. The van der Waals surface area contributed by atoms with Gasteiger partial charge >= 0.3 is 0 Å². The summed E-state index contributed by atoms with van der Waals surface area (Å²) in [4.78, 5) is 4.30. The molecule has 1 aliphatic heterocycles. The Kier molecular flexibility index (Phi) is 10.4. The summed E-state index contributed by atoms with van der Waals surface area (Å²) in [6.45, 7) is 6.09. The molecule has 1 unspecified atom stereocenters. The molecule has 2 heterocycles. The van der Waals surface area contributed by atoms with Crippen molar-refractivity contribution in [1.29, 1.82) is 0 Å². The average molecular weight is 514 g/mol. The molecule has 1 saturated heterocycles. The minimum Gasteiger partial charge on any atom is -0.356 e. The largest absolute Gasteiger partial charge is 0.356 e. The summed E-state index contributed by atoms with van der Waals surface area (Å²) in [5, 5.41) is 11.1. The highest BCUT2D eigenvalue weighted by Crippen LogP contribution is 2.17. The Morgan fingerprint density at radius 3 is 2.65 bits per heavy atom. The monoisotopic (exact) mass is 514 g/mol. The maximum Gasteiger partial charge on any atom is 0.214 e. The summed E-state index contributed by atoms with van der Waals surface area (Å²) in [5.41, 5.74) is 1.34. The van der Waals surface area contributed by atoms with Gasteiger partial charge in [0.05, 0.1) is 5.75 Å². The van der Waals surface area contributed by atoms with Gasteiger partial charge in [-0.15, -0.1) is 24.0 Å². The minimum atomic E-state index is -3.08. The summed E-state index contributed by atoms with van der Waals surface area (Å²) in [6.07, 6.45) is 2.28. The molecule has 0 radical (unpaired) electrons. The SMILES string of the molecule is CCCS(=O)(=O)N1CCC(NC(=NC)NCC(C)c2ccsc2)CC1.I. The van der Waals surface area contributed by atoms with Gasteiger partial charge in [0.2, 0.25) is 10.0 Å². The number of sulfonamides is 1. The Morgan fingerprint density at radius 1 is 1.42 bits per heavy atom. The summed E-state index contributed by atoms with van der Waals surface area (Å²) < 4.78 is 25.9. The van der Waals surface area contributed by atoms with Crippen molar-refractivity contribution >= 4 is 51.3 Å². The van der Waals surface area contributed by atoms with Crippen molar-refractivity contribution in [2.45, 2.75) is 45.1 Å². The van der Waals surface area contributed by atoms with E-state index in [1.54, 1.807) is 22.7 Å². The van der Waals surface area contributed by atoms with Gasteiger partial charge in [0.25, 0.3) is 0 Å². The molecule has 0 aliphatic carbocycles. The zero-order valence-corrected chi connectivity index (χ0v) is 19.7. The van der Waals surface area contributed by atoms with Gasteiger partial charge in [-0.25, -0.2) is 12.7 Å². The number of hydrogen-bond donors (Lipinski definition) is 2. The van der Waals surface area contributed by atoms with Crippen LogP contribution >= 0.6 is 35.3 Å². The van der Waals surface area contributed by atoms with Crippen LogP contribution < -0.4 is 10.6 Å². The Morgan fingerprint density at radius 2 is 2.12 bits per heavy atom. The molecule has 0 spiro atoms. The van der Waals surface area contributed by atoms with Gasteiger partial charge in [0.15, 0.2) is 5.96 Å². The Bertz CT molecular complexity index is 642. The molecule has 150 valence electrons. The molecular formula is C17H31IN4O2S2. The van der Waals surface area contributed by atoms with Crippen LogP contribution in [0.2, 0.25) is 0 Å². The molecule has 6 nitrogen and oxygen atoms in total. The van der Waals surface area contributed by atoms with E-state index in [-0.39, 0.29) is 35.8 Å². The lowest BCUT2D eigenvalue weighted by atomic mass is 10.1. The van der Waals surface area contributed by atoms with Crippen molar-refractivity contribution in [3.63, 3.8) is 0 Å². The topological polar surface area (TPSA) is 73.8 Å². The van der Waals surface area contributed by atoms with Crippen LogP contribution in [-0.4, -0.2) is 57.2 Å². The molecule has 0 aromatic carbocycles. The molecule has 2 rings (SSSR count). The molecule has 1 fully saturated rings. The number of nitrogens with zero attached hydrogens (tertiary/aromatic N) is 2. The van der Waals surface area contributed by atoms with Crippen molar-refractivity contribution < 1.29 is 8.42 Å². The van der Waals surface area contributed by atoms with Gasteiger partial charge in [0.1, 0.15) is 0 Å². The molecule has 1 atom stereocenters. The standard InChI is InChI=1S/C17H30N4O2S2.HI/c1-4-11-25(22,23)21-8-5-16(6-9-21)20-17(18-3)19-12-14(2)15-7-10-24-13-15;/h7,10,13-14,16H,4-6,8-9,11-12H2,1-3H3,(H2,18,19,20);1H. The molecule has 2 N–H and O–H groups in total. The smallest absolute Gasteiger partial charge is 0.214 e. The summed E-state index contributed by atoms with van der Waals surface area (Å²) in [5.74, 6) is 1.46. The van der Waals surface area contributed by atoms with Crippen molar-refractivity contribution in [3.8, 4) is 0 Å². The summed E-state index contributed by atoms with van der Waals surface area (Å²) in [6, 6.07) is 2.41. The van der Waals surface area contributed by atoms with E-state index < -0.39 is 10.0 Å². The second kappa shape index (κ2) is 11.5. The molecule has 9 heteroatoms. The predicted molar refractivity (Wildman–Crippen MR) is 121 cm³/mol. The fraction of sp³-hybridized carbons (Fsp3) is 0.706. The lowest BCUT2D eigenvalue weighted by Gasteiger charge is -2.32. The van der Waals surface area contributed by atoms with Gasteiger partial charge in [-0.1, -0.05) is 13.8 Å². The van der Waals surface area contributed by atoms with Crippen LogP contribution in [0.15, 0.2) is 21.8 Å². The fourth-order valence-electron chi connectivity index (χ4n) is 2.98. The van der Waals surface area contributed by atoms with Gasteiger partial charge in [-0.05, 0) is 47.6 Å². The molecule has 1 aromatic rings. The molecule has 0 saturated carbocycles. The predicted octanol–water partition coefficient (Wildman–Crippen LogP) is 2.84. The lowest BCUT2D eigenvalue weighted by Crippen LogP contribution is -2.50. The van der Waals surface area contributed by atoms with Crippen LogP contribution in [0, 0.1) is 0 Å².